The minimum Gasteiger partial charge on any atom is -0.478 e. The molecule has 16 nitrogen and oxygen atoms in total. The number of carbonyl (C=O) groups is 5. The molecule has 0 unspecified atom stereocenters. The molecule has 0 spiro atoms. The first kappa shape index (κ1) is 126. The maximum Gasteiger partial charge on any atom is 0.335 e. The normalized spacial score (nSPS) is 13.1. The number of ether oxygens (including phenoxy) is 1. The van der Waals surface area contributed by atoms with Gasteiger partial charge in [-0.3, -0.25) is 24.0 Å². The van der Waals surface area contributed by atoms with Crippen LogP contribution < -0.4 is 20.9 Å². The van der Waals surface area contributed by atoms with Crippen molar-refractivity contribution in [2.75, 3.05) is 124 Å². The van der Waals surface area contributed by atoms with Crippen LogP contribution in [0.5, 0.6) is 0 Å². The van der Waals surface area contributed by atoms with Crippen molar-refractivity contribution in [3.63, 3.8) is 0 Å². The number of nitrogens with two attached hydrogens (primary N) is 1. The van der Waals surface area contributed by atoms with Crippen LogP contribution in [-0.4, -0.2) is 168 Å². The number of aryl methyl sites for hydroxylation is 1. The molecule has 145 heavy (non-hydrogen) atoms. The highest BCUT2D eigenvalue weighted by atomic mass is 35.5. The monoisotopic (exact) mass is 2000 g/mol. The van der Waals surface area contributed by atoms with Crippen LogP contribution in [0.4, 0.5) is 15.8 Å². The van der Waals surface area contributed by atoms with Gasteiger partial charge in [0, 0.05) is 125 Å². The van der Waals surface area contributed by atoms with Gasteiger partial charge in [0.05, 0.1) is 25.9 Å². The van der Waals surface area contributed by atoms with E-state index < -0.39 is 5.97 Å². The van der Waals surface area contributed by atoms with Crippen molar-refractivity contribution in [3.05, 3.63) is 378 Å². The lowest BCUT2D eigenvalue weighted by Crippen LogP contribution is -2.47. The van der Waals surface area contributed by atoms with Crippen LogP contribution in [0.3, 0.4) is 0 Å². The number of hydrogen-bond acceptors (Lipinski definition) is 11. The Labute approximate surface area is 879 Å². The highest BCUT2D eigenvalue weighted by Gasteiger charge is 2.25. The molecule has 4 amide bonds. The Bertz CT molecular complexity index is 5440. The van der Waals surface area contributed by atoms with E-state index in [-0.39, 0.29) is 56.5 Å². The molecule has 788 valence electrons. The maximum absolute atomic E-state index is 12.4. The second kappa shape index (κ2) is 61.8. The van der Waals surface area contributed by atoms with Gasteiger partial charge in [0.2, 0.25) is 5.91 Å². The van der Waals surface area contributed by atoms with Gasteiger partial charge < -0.3 is 45.4 Å². The van der Waals surface area contributed by atoms with E-state index in [1.54, 1.807) is 31.3 Å². The van der Waals surface area contributed by atoms with Gasteiger partial charge in [0.15, 0.2) is 0 Å². The molecule has 3 saturated heterocycles. The Morgan fingerprint density at radius 2 is 0.724 bits per heavy atom. The molecule has 3 fully saturated rings. The molecule has 3 heterocycles. The number of nitrogens with one attached hydrogen (secondary N) is 1. The predicted molar refractivity (Wildman–Crippen MR) is 613 cm³/mol. The van der Waals surface area contributed by atoms with E-state index >= 15 is 0 Å². The quantitative estimate of drug-likeness (QED) is 0.0878. The van der Waals surface area contributed by atoms with Crippen molar-refractivity contribution >= 4 is 52.6 Å². The zero-order chi connectivity index (χ0) is 109. The van der Waals surface area contributed by atoms with E-state index in [4.69, 9.17) is 32.0 Å². The summed E-state index contributed by atoms with van der Waals surface area (Å²) in [6, 6.07) is 89.5. The summed E-state index contributed by atoms with van der Waals surface area (Å²) in [5.74, 6) is 2.34. The minimum absolute atomic E-state index is 0.0804. The van der Waals surface area contributed by atoms with Gasteiger partial charge in [0.25, 0.3) is 17.7 Å². The number of hydroxylamine groups is 2. The topological polar surface area (TPSA) is 182 Å². The van der Waals surface area contributed by atoms with E-state index in [0.717, 1.165) is 74.1 Å². The molecule has 0 bridgehead atoms. The van der Waals surface area contributed by atoms with Gasteiger partial charge in [-0.2, -0.15) is 0 Å². The number of amides is 4. The van der Waals surface area contributed by atoms with Crippen LogP contribution in [0.15, 0.2) is 273 Å². The van der Waals surface area contributed by atoms with Crippen LogP contribution in [0.2, 0.25) is 5.02 Å². The number of likely N-dealkylation sites (N-methyl/N-ethyl adjacent to an activating group) is 1. The Balaban J connectivity index is 0.000000335. The van der Waals surface area contributed by atoms with Crippen molar-refractivity contribution in [1.29, 1.82) is 0 Å². The summed E-state index contributed by atoms with van der Waals surface area (Å²) in [6.45, 7) is 71.3. The zero-order valence-electron chi connectivity index (χ0n) is 94.3. The van der Waals surface area contributed by atoms with E-state index in [2.05, 4.69) is 350 Å². The number of aromatic carboxylic acids is 1. The number of carboxylic acids is 1. The fourth-order valence-electron chi connectivity index (χ4n) is 14.9. The first-order valence-electron chi connectivity index (χ1n) is 51.5. The number of rotatable bonds is 14. The van der Waals surface area contributed by atoms with Crippen LogP contribution in [0.25, 0.3) is 0 Å². The van der Waals surface area contributed by atoms with Gasteiger partial charge in [-0.15, -0.1) is 0 Å². The lowest BCUT2D eigenvalue weighted by Gasteiger charge is -2.32. The number of hydrogen-bond donors (Lipinski definition) is 3. The first-order valence-corrected chi connectivity index (χ1v) is 51.9. The molecule has 11 aromatic rings. The lowest BCUT2D eigenvalue weighted by atomic mass is 9.86. The Hall–Kier alpha value is -11.6. The van der Waals surface area contributed by atoms with Gasteiger partial charge >= 0.3 is 5.97 Å². The summed E-state index contributed by atoms with van der Waals surface area (Å²) in [7, 11) is 9.29. The standard InChI is InChI=1S/C16H24N2O.C15H21NO2.C13H20N2.C13H19NO2.C11H15NO.C11H17N.C11H14O2.C10H14.C9H11Cl.C9H11F.C9H12/c1-16(2,3)14-7-5-13(6-8-14)15(19)18-11-9-17(4)10-12-18;1-15(2,3)13-6-4-12(5-7-13)14(17)16-8-10-18-11-9-16;1-11(2)12-3-5-13(6-4-12)15-9-7-14-8-10-15;1-13(2,3)11-8-6-10(7-9-11)12(15)14(4)16-5;1-11(2,3)9-6-4-8(5-7-9)10(12)13;1-9(2)10-5-7-11(8-6-10)12(3)4;1-11(2,3)9-6-4-8(5-7-9)10(12)13;1-8(2)10-7-5-4-6-9(10)3;1-7(2)8-4-3-5-9(10)6-8;1-7(2)8-3-5-9(10)6-4-8;1-8(2)9-6-4-3-5-7-9/h5-8H,9-12H2,1-4H3;4-7H,8-11H2,1-3H3;3-6,11,14H,7-10H2,1-2H3;6-9H,1-5H3;4-7H,1-3H3,(H2,12,13);5-9H,1-4H3;4-7H,1-3H3,(H,12,13);4-8H,1-3H3;2*3-7H,1-2H3;3-8H,1-2H3. The highest BCUT2D eigenvalue weighted by Crippen LogP contribution is 2.30. The molecule has 3 aliphatic rings. The molecule has 4 N–H and O–H groups in total. The van der Waals surface area contributed by atoms with E-state index in [9.17, 15) is 28.4 Å². The highest BCUT2D eigenvalue weighted by molar-refractivity contribution is 6.30. The molecule has 0 aromatic heterocycles. The van der Waals surface area contributed by atoms with Crippen molar-refractivity contribution in [1.82, 2.24) is 25.1 Å². The van der Waals surface area contributed by atoms with Crippen LogP contribution in [-0.2, 0) is 36.6 Å². The smallest absolute Gasteiger partial charge is 0.335 e. The van der Waals surface area contributed by atoms with Gasteiger partial charge in [-0.1, -0.05) is 362 Å². The number of primary amides is 1. The Morgan fingerprint density at radius 3 is 1.04 bits per heavy atom. The van der Waals surface area contributed by atoms with Gasteiger partial charge in [-0.25, -0.2) is 14.2 Å². The number of nitrogens with zero attached hydrogens (tertiary/aromatic N) is 6. The number of halogens is 2. The van der Waals surface area contributed by atoms with E-state index in [0.29, 0.717) is 78.5 Å². The number of benzene rings is 11. The lowest BCUT2D eigenvalue weighted by molar-refractivity contribution is -0.0757. The predicted octanol–water partition coefficient (Wildman–Crippen LogP) is 29.6. The fraction of sp³-hybridized carbons (Fsp3) is 0.441. The third-order valence-corrected chi connectivity index (χ3v) is 25.4. The first-order chi connectivity index (χ1) is 67.8. The second-order valence-corrected chi connectivity index (χ2v) is 44.8. The molecule has 0 radical (unpaired) electrons. The number of piperazine rings is 2. The van der Waals surface area contributed by atoms with Crippen LogP contribution in [0.1, 0.15) is 341 Å². The van der Waals surface area contributed by atoms with Gasteiger partial charge in [0.1, 0.15) is 5.82 Å². The number of carbonyl (C=O) groups excluding carboxylic acids is 4. The minimum atomic E-state index is -0.875. The summed E-state index contributed by atoms with van der Waals surface area (Å²) >= 11 is 5.79. The van der Waals surface area contributed by atoms with Crippen molar-refractivity contribution in [2.45, 2.75) is 256 Å². The average Bonchev–Trinajstić information content (AvgIpc) is 0.831. The SMILES string of the molecule is CC(C)(C)c1ccc(C(=O)N2CCOCC2)cc1.CC(C)(C)c1ccc(C(=O)O)cc1.CC(C)(C)c1ccc(C(N)=O)cc1.CC(C)c1ccc(F)cc1.CC(C)c1ccc(N(C)C)cc1.CC(C)c1ccc(N2CCNCC2)cc1.CC(C)c1cccc(Cl)c1.CC(C)c1ccccc1.CN1CCN(C(=O)c2ccc(C(C)(C)C)cc2)CC1.CON(C)C(=O)c1ccc(C(C)(C)C)cc1.Cc1ccccc1C(C)C. The molecule has 18 heteroatoms. The third-order valence-electron chi connectivity index (χ3n) is 25.1. The average molecular weight is 2000 g/mol. The number of carboxylic acid groups (broad SMARTS) is 1. The van der Waals surface area contributed by atoms with E-state index in [1.165, 1.54) is 96.9 Å². The van der Waals surface area contributed by atoms with Crippen LogP contribution >= 0.6 is 11.6 Å². The molecular formula is C127H178ClFN8O8. The molecular weight excluding hydrogens is 1820 g/mol. The summed E-state index contributed by atoms with van der Waals surface area (Å²) in [5, 5.41) is 14.1. The fourth-order valence-corrected chi connectivity index (χ4v) is 15.1. The molecule has 3 aliphatic heterocycles. The Morgan fingerprint density at radius 1 is 0.393 bits per heavy atom. The summed E-state index contributed by atoms with van der Waals surface area (Å²) in [4.78, 5) is 73.2. The summed E-state index contributed by atoms with van der Waals surface area (Å²) < 4.78 is 17.6. The van der Waals surface area contributed by atoms with Crippen LogP contribution in [0, 0.1) is 12.7 Å². The largest absolute Gasteiger partial charge is 0.478 e. The molecule has 0 atom stereocenters. The third kappa shape index (κ3) is 46.8. The summed E-state index contributed by atoms with van der Waals surface area (Å²) in [6.07, 6.45) is 0. The maximum atomic E-state index is 12.4. The van der Waals surface area contributed by atoms with Crippen molar-refractivity contribution in [3.8, 4) is 0 Å². The van der Waals surface area contributed by atoms with Crippen molar-refractivity contribution in [2.24, 2.45) is 5.73 Å². The summed E-state index contributed by atoms with van der Waals surface area (Å²) in [5.41, 5.74) is 27.1. The second-order valence-electron chi connectivity index (χ2n) is 44.4. The van der Waals surface area contributed by atoms with E-state index in [1.807, 2.05) is 131 Å². The zero-order valence-corrected chi connectivity index (χ0v) is 95.0. The number of morpholine rings is 1. The molecule has 11 aromatic carbocycles. The van der Waals surface area contributed by atoms with Crippen molar-refractivity contribution < 1.29 is 43.0 Å². The van der Waals surface area contributed by atoms with Gasteiger partial charge in [-0.05, 0) is 253 Å². The molecule has 0 aliphatic carbocycles. The Kier molecular flexibility index (Phi) is 53.6. The molecule has 14 rings (SSSR count). The molecule has 0 saturated carbocycles. The number of anilines is 2.